The summed E-state index contributed by atoms with van der Waals surface area (Å²) in [6.07, 6.45) is 3.34. The number of pyridine rings is 1. The molecule has 0 saturated carbocycles. The average Bonchev–Trinajstić information content (AvgIpc) is 1.90. The fourth-order valence-electron chi connectivity index (χ4n) is 0.503. The van der Waals surface area contributed by atoms with Crippen LogP contribution in [0.25, 0.3) is 0 Å². The van der Waals surface area contributed by atoms with Crippen molar-refractivity contribution < 1.29 is 0 Å². The van der Waals surface area contributed by atoms with Crippen LogP contribution in [-0.4, -0.2) is 25.6 Å². The van der Waals surface area contributed by atoms with Gasteiger partial charge in [-0.25, -0.2) is 0 Å². The standard InChI is InChI=1S/C6H5N2Se/c7-6(9)5-1-3-8-4-2-5/h1-4,7H. The van der Waals surface area contributed by atoms with Crippen LogP contribution in [0.2, 0.25) is 0 Å². The molecule has 0 fully saturated rings. The normalized spacial score (nSPS) is 8.89. The van der Waals surface area contributed by atoms with Crippen molar-refractivity contribution in [1.82, 2.24) is 4.98 Å². The third-order valence-electron chi connectivity index (χ3n) is 0.943. The van der Waals surface area contributed by atoms with Gasteiger partial charge in [0, 0.05) is 0 Å². The van der Waals surface area contributed by atoms with Crippen LogP contribution in [0.3, 0.4) is 0 Å². The van der Waals surface area contributed by atoms with E-state index in [0.29, 0.717) is 4.61 Å². The van der Waals surface area contributed by atoms with E-state index in [9.17, 15) is 0 Å². The Labute approximate surface area is 61.6 Å². The van der Waals surface area contributed by atoms with Gasteiger partial charge in [-0.15, -0.1) is 0 Å². The van der Waals surface area contributed by atoms with Crippen LogP contribution in [0.5, 0.6) is 0 Å². The van der Waals surface area contributed by atoms with Crippen molar-refractivity contribution in [3.8, 4) is 0 Å². The number of aromatic nitrogens is 1. The van der Waals surface area contributed by atoms with Crippen molar-refractivity contribution in [2.45, 2.75) is 0 Å². The number of rotatable bonds is 1. The predicted octanol–water partition coefficient (Wildman–Crippen LogP) is 0.575. The molecule has 45 valence electrons. The van der Waals surface area contributed by atoms with E-state index < -0.39 is 0 Å². The second kappa shape index (κ2) is 2.76. The summed E-state index contributed by atoms with van der Waals surface area (Å²) in [5, 5.41) is 7.15. The summed E-state index contributed by atoms with van der Waals surface area (Å²) >= 11 is 2.61. The third kappa shape index (κ3) is 1.63. The minimum atomic E-state index is 0.456. The van der Waals surface area contributed by atoms with E-state index in [1.807, 2.05) is 0 Å². The molecule has 0 saturated heterocycles. The first-order chi connectivity index (χ1) is 4.30. The predicted molar refractivity (Wildman–Crippen MR) is 36.8 cm³/mol. The molecule has 0 aliphatic heterocycles. The van der Waals surface area contributed by atoms with Crippen molar-refractivity contribution in [1.29, 1.82) is 5.41 Å². The average molecular weight is 184 g/mol. The maximum absolute atomic E-state index is 7.15. The fourth-order valence-corrected chi connectivity index (χ4v) is 0.789. The summed E-state index contributed by atoms with van der Waals surface area (Å²) in [7, 11) is 0. The zero-order valence-corrected chi connectivity index (χ0v) is 6.38. The van der Waals surface area contributed by atoms with Gasteiger partial charge in [0.2, 0.25) is 0 Å². The van der Waals surface area contributed by atoms with Crippen molar-refractivity contribution in [2.75, 3.05) is 0 Å². The quantitative estimate of drug-likeness (QED) is 0.502. The second-order valence-corrected chi connectivity index (χ2v) is 2.42. The van der Waals surface area contributed by atoms with E-state index in [2.05, 4.69) is 21.0 Å². The molecule has 0 amide bonds. The molecule has 0 aliphatic rings. The summed E-state index contributed by atoms with van der Waals surface area (Å²) in [5.74, 6) is 0. The van der Waals surface area contributed by atoms with Gasteiger partial charge in [0.05, 0.1) is 0 Å². The van der Waals surface area contributed by atoms with Crippen LogP contribution in [0.4, 0.5) is 0 Å². The molecule has 0 atom stereocenters. The molecule has 0 aliphatic carbocycles. The Kier molecular flexibility index (Phi) is 1.98. The molecular formula is C6H5N2Se. The Bertz CT molecular complexity index is 208. The Balaban J connectivity index is 2.98. The summed E-state index contributed by atoms with van der Waals surface area (Å²) in [4.78, 5) is 3.82. The molecule has 3 heteroatoms. The van der Waals surface area contributed by atoms with Gasteiger partial charge in [-0.2, -0.15) is 0 Å². The molecule has 1 radical (unpaired) electrons. The molecule has 9 heavy (non-hydrogen) atoms. The monoisotopic (exact) mass is 185 g/mol. The molecule has 1 aromatic rings. The Morgan fingerprint density at radius 3 is 2.33 bits per heavy atom. The molecule has 1 heterocycles. The SMILES string of the molecule is N=C([Se])c1ccncc1. The van der Waals surface area contributed by atoms with Crippen molar-refractivity contribution >= 4 is 20.6 Å². The van der Waals surface area contributed by atoms with E-state index in [1.54, 1.807) is 24.5 Å². The zero-order chi connectivity index (χ0) is 6.69. The van der Waals surface area contributed by atoms with Gasteiger partial charge in [-0.05, 0) is 0 Å². The maximum atomic E-state index is 7.15. The zero-order valence-electron chi connectivity index (χ0n) is 4.66. The summed E-state index contributed by atoms with van der Waals surface area (Å²) in [6, 6.07) is 3.58. The van der Waals surface area contributed by atoms with Crippen molar-refractivity contribution in [2.24, 2.45) is 0 Å². The van der Waals surface area contributed by atoms with Crippen LogP contribution in [0, 0.1) is 5.41 Å². The molecule has 0 unspecified atom stereocenters. The first-order valence-corrected chi connectivity index (χ1v) is 3.32. The van der Waals surface area contributed by atoms with Gasteiger partial charge in [-0.3, -0.25) is 0 Å². The molecule has 2 nitrogen and oxygen atoms in total. The molecular weight excluding hydrogens is 179 g/mol. The first kappa shape index (κ1) is 6.46. The third-order valence-corrected chi connectivity index (χ3v) is 1.44. The molecule has 0 aromatic carbocycles. The van der Waals surface area contributed by atoms with E-state index in [4.69, 9.17) is 5.41 Å². The molecule has 0 bridgehead atoms. The fraction of sp³-hybridized carbons (Fsp3) is 0. The number of nitrogens with one attached hydrogen (secondary N) is 1. The van der Waals surface area contributed by atoms with Gasteiger partial charge in [0.1, 0.15) is 0 Å². The van der Waals surface area contributed by atoms with Crippen LogP contribution in [0.15, 0.2) is 24.5 Å². The van der Waals surface area contributed by atoms with Crippen LogP contribution in [0.1, 0.15) is 5.56 Å². The van der Waals surface area contributed by atoms with Gasteiger partial charge in [0.25, 0.3) is 0 Å². The van der Waals surface area contributed by atoms with E-state index >= 15 is 0 Å². The van der Waals surface area contributed by atoms with Gasteiger partial charge < -0.3 is 0 Å². The molecule has 0 spiro atoms. The van der Waals surface area contributed by atoms with Gasteiger partial charge >= 0.3 is 61.1 Å². The number of hydrogen-bond acceptors (Lipinski definition) is 2. The van der Waals surface area contributed by atoms with E-state index in [1.165, 1.54) is 0 Å². The van der Waals surface area contributed by atoms with Crippen molar-refractivity contribution in [3.05, 3.63) is 30.1 Å². The summed E-state index contributed by atoms with van der Waals surface area (Å²) < 4.78 is 0.456. The van der Waals surface area contributed by atoms with Gasteiger partial charge in [-0.1, -0.05) is 0 Å². The molecule has 1 N–H and O–H groups in total. The van der Waals surface area contributed by atoms with Crippen LogP contribution < -0.4 is 0 Å². The van der Waals surface area contributed by atoms with Crippen molar-refractivity contribution in [3.63, 3.8) is 0 Å². The topological polar surface area (TPSA) is 36.7 Å². The van der Waals surface area contributed by atoms with Crippen LogP contribution >= 0.6 is 0 Å². The first-order valence-electron chi connectivity index (χ1n) is 2.46. The summed E-state index contributed by atoms with van der Waals surface area (Å²) in [6.45, 7) is 0. The number of nitrogens with zero attached hydrogens (tertiary/aromatic N) is 1. The molecule has 1 rings (SSSR count). The van der Waals surface area contributed by atoms with Gasteiger partial charge in [0.15, 0.2) is 0 Å². The second-order valence-electron chi connectivity index (χ2n) is 1.57. The minimum absolute atomic E-state index is 0.456. The number of hydrogen-bond donors (Lipinski definition) is 1. The van der Waals surface area contributed by atoms with E-state index in [-0.39, 0.29) is 0 Å². The van der Waals surface area contributed by atoms with E-state index in [0.717, 1.165) is 5.56 Å². The Hall–Kier alpha value is -0.661. The Morgan fingerprint density at radius 2 is 2.00 bits per heavy atom. The summed E-state index contributed by atoms with van der Waals surface area (Å²) in [5.41, 5.74) is 0.880. The Morgan fingerprint density at radius 1 is 1.44 bits per heavy atom. The van der Waals surface area contributed by atoms with Crippen LogP contribution in [-0.2, 0) is 0 Å². The molecule has 1 aromatic heterocycles.